The summed E-state index contributed by atoms with van der Waals surface area (Å²) in [6, 6.07) is 8.75. The fourth-order valence-corrected chi connectivity index (χ4v) is 3.44. The minimum atomic E-state index is -3.66. The molecule has 1 aliphatic carbocycles. The zero-order valence-electron chi connectivity index (χ0n) is 11.0. The molecule has 0 amide bonds. The van der Waals surface area contributed by atoms with E-state index in [1.807, 2.05) is 6.07 Å². The number of benzene rings is 1. The first-order valence-corrected chi connectivity index (χ1v) is 8.25. The van der Waals surface area contributed by atoms with Crippen molar-refractivity contribution >= 4 is 15.9 Å². The smallest absolute Gasteiger partial charge is 0.265 e. The van der Waals surface area contributed by atoms with Gasteiger partial charge in [0.25, 0.3) is 10.1 Å². The van der Waals surface area contributed by atoms with Gasteiger partial charge < -0.3 is 0 Å². The van der Waals surface area contributed by atoms with Crippen molar-refractivity contribution in [3.63, 3.8) is 0 Å². The molecule has 5 heteroatoms. The highest BCUT2D eigenvalue weighted by Crippen LogP contribution is 2.35. The normalized spacial score (nSPS) is 19.0. The van der Waals surface area contributed by atoms with E-state index in [0.29, 0.717) is 18.4 Å². The van der Waals surface area contributed by atoms with Gasteiger partial charge in [-0.05, 0) is 12.8 Å². The maximum Gasteiger partial charge on any atom is 0.265 e. The molecule has 19 heavy (non-hydrogen) atoms. The molecule has 0 bridgehead atoms. The second-order valence-corrected chi connectivity index (χ2v) is 6.61. The Hall–Kier alpha value is -1.20. The first-order valence-electron chi connectivity index (χ1n) is 6.43. The molecule has 1 saturated carbocycles. The van der Waals surface area contributed by atoms with Crippen molar-refractivity contribution in [3.8, 4) is 0 Å². The highest BCUT2D eigenvalue weighted by atomic mass is 32.2. The number of carbonyl (C=O) groups excluding carboxylic acids is 1. The van der Waals surface area contributed by atoms with E-state index in [1.54, 1.807) is 24.3 Å². The van der Waals surface area contributed by atoms with Crippen LogP contribution in [0.4, 0.5) is 0 Å². The van der Waals surface area contributed by atoms with E-state index in [-0.39, 0.29) is 5.78 Å². The third-order valence-corrected chi connectivity index (χ3v) is 4.04. The van der Waals surface area contributed by atoms with Crippen LogP contribution in [0.25, 0.3) is 0 Å². The lowest BCUT2D eigenvalue weighted by Crippen LogP contribution is -2.44. The van der Waals surface area contributed by atoms with E-state index < -0.39 is 15.7 Å². The van der Waals surface area contributed by atoms with Gasteiger partial charge in [-0.25, -0.2) is 0 Å². The number of Topliss-reactive ketones (excluding diaryl/α,β-unsaturated/α-hetero) is 1. The van der Waals surface area contributed by atoms with Crippen molar-refractivity contribution in [1.29, 1.82) is 0 Å². The fourth-order valence-electron chi connectivity index (χ4n) is 2.61. The third-order valence-electron chi connectivity index (χ3n) is 3.42. The van der Waals surface area contributed by atoms with Crippen molar-refractivity contribution in [2.24, 2.45) is 0 Å². The van der Waals surface area contributed by atoms with Gasteiger partial charge in [-0.2, -0.15) is 8.42 Å². The van der Waals surface area contributed by atoms with Gasteiger partial charge in [0.1, 0.15) is 0 Å². The molecule has 1 aromatic rings. The molecular formula is C14H18O4S. The lowest BCUT2D eigenvalue weighted by Gasteiger charge is -2.34. The highest BCUT2D eigenvalue weighted by molar-refractivity contribution is 7.86. The minimum absolute atomic E-state index is 0.224. The largest absolute Gasteiger partial charge is 0.291 e. The molecule has 0 unspecified atom stereocenters. The highest BCUT2D eigenvalue weighted by Gasteiger charge is 2.43. The van der Waals surface area contributed by atoms with Gasteiger partial charge in [-0.15, -0.1) is 0 Å². The summed E-state index contributed by atoms with van der Waals surface area (Å²) >= 11 is 0. The molecule has 4 nitrogen and oxygen atoms in total. The maximum atomic E-state index is 12.6. The summed E-state index contributed by atoms with van der Waals surface area (Å²) in [5.41, 5.74) is -0.694. The van der Waals surface area contributed by atoms with Gasteiger partial charge >= 0.3 is 0 Å². The Morgan fingerprint density at radius 3 is 2.21 bits per heavy atom. The van der Waals surface area contributed by atoms with E-state index in [1.165, 1.54) is 0 Å². The topological polar surface area (TPSA) is 60.4 Å². The Labute approximate surface area is 113 Å². The first kappa shape index (κ1) is 14.2. The fraction of sp³-hybridized carbons (Fsp3) is 0.500. The lowest BCUT2D eigenvalue weighted by atomic mass is 9.79. The molecule has 0 spiro atoms. The molecule has 104 valence electrons. The van der Waals surface area contributed by atoms with Gasteiger partial charge in [0, 0.05) is 5.56 Å². The summed E-state index contributed by atoms with van der Waals surface area (Å²) < 4.78 is 28.1. The Kier molecular flexibility index (Phi) is 4.06. The summed E-state index contributed by atoms with van der Waals surface area (Å²) in [7, 11) is -3.66. The predicted octanol–water partition coefficient (Wildman–Crippen LogP) is 2.55. The Balaban J connectivity index is 2.35. The van der Waals surface area contributed by atoms with Gasteiger partial charge in [-0.1, -0.05) is 49.6 Å². The maximum absolute atomic E-state index is 12.6. The number of carbonyl (C=O) groups is 1. The summed E-state index contributed by atoms with van der Waals surface area (Å²) in [5.74, 6) is -0.224. The lowest BCUT2D eigenvalue weighted by molar-refractivity contribution is 0.0307. The van der Waals surface area contributed by atoms with Crippen LogP contribution in [0, 0.1) is 0 Å². The van der Waals surface area contributed by atoms with E-state index in [0.717, 1.165) is 25.5 Å². The van der Waals surface area contributed by atoms with Crippen LogP contribution in [0.1, 0.15) is 42.5 Å². The summed E-state index contributed by atoms with van der Waals surface area (Å²) in [5, 5.41) is 0. The summed E-state index contributed by atoms with van der Waals surface area (Å²) in [6.45, 7) is 0. The molecule has 1 fully saturated rings. The number of hydrogen-bond donors (Lipinski definition) is 0. The van der Waals surface area contributed by atoms with Crippen LogP contribution in [0.3, 0.4) is 0 Å². The second-order valence-electron chi connectivity index (χ2n) is 5.04. The molecule has 0 saturated heterocycles. The third kappa shape index (κ3) is 3.42. The molecule has 0 N–H and O–H groups in total. The van der Waals surface area contributed by atoms with Crippen LogP contribution in [0.15, 0.2) is 30.3 Å². The predicted molar refractivity (Wildman–Crippen MR) is 72.5 cm³/mol. The average Bonchev–Trinajstić information content (AvgIpc) is 2.38. The van der Waals surface area contributed by atoms with Crippen molar-refractivity contribution in [1.82, 2.24) is 0 Å². The second kappa shape index (κ2) is 5.43. The molecule has 0 aromatic heterocycles. The minimum Gasteiger partial charge on any atom is -0.291 e. The number of rotatable bonds is 4. The molecule has 2 rings (SSSR count). The molecule has 1 aromatic carbocycles. The zero-order valence-corrected chi connectivity index (χ0v) is 11.8. The van der Waals surface area contributed by atoms with Crippen LogP contribution in [0.5, 0.6) is 0 Å². The monoisotopic (exact) mass is 282 g/mol. The van der Waals surface area contributed by atoms with Crippen molar-refractivity contribution in [3.05, 3.63) is 35.9 Å². The van der Waals surface area contributed by atoms with Crippen LogP contribution >= 0.6 is 0 Å². The van der Waals surface area contributed by atoms with Crippen LogP contribution < -0.4 is 0 Å². The van der Waals surface area contributed by atoms with Crippen LogP contribution in [-0.2, 0) is 14.3 Å². The van der Waals surface area contributed by atoms with Gasteiger partial charge in [0.05, 0.1) is 6.26 Å². The van der Waals surface area contributed by atoms with Crippen LogP contribution in [0.2, 0.25) is 0 Å². The zero-order chi connectivity index (χ0) is 13.9. The van der Waals surface area contributed by atoms with Crippen molar-refractivity contribution < 1.29 is 17.4 Å². The quantitative estimate of drug-likeness (QED) is 0.629. The summed E-state index contributed by atoms with van der Waals surface area (Å²) in [4.78, 5) is 12.6. The molecule has 0 radical (unpaired) electrons. The SMILES string of the molecule is CS(=O)(=O)OC1(C(=O)c2ccccc2)CCCCC1. The van der Waals surface area contributed by atoms with Crippen molar-refractivity contribution in [2.75, 3.05) is 6.26 Å². The summed E-state index contributed by atoms with van der Waals surface area (Å²) in [6.07, 6.45) is 4.57. The average molecular weight is 282 g/mol. The van der Waals surface area contributed by atoms with Gasteiger partial charge in [0.2, 0.25) is 0 Å². The van der Waals surface area contributed by atoms with Gasteiger partial charge in [0.15, 0.2) is 11.4 Å². The molecule has 0 atom stereocenters. The number of hydrogen-bond acceptors (Lipinski definition) is 4. The molecule has 1 aliphatic rings. The van der Waals surface area contributed by atoms with Crippen molar-refractivity contribution in [2.45, 2.75) is 37.7 Å². The number of ketones is 1. The van der Waals surface area contributed by atoms with E-state index in [4.69, 9.17) is 4.18 Å². The van der Waals surface area contributed by atoms with E-state index in [9.17, 15) is 13.2 Å². The Bertz CT molecular complexity index is 542. The van der Waals surface area contributed by atoms with E-state index >= 15 is 0 Å². The molecular weight excluding hydrogens is 264 g/mol. The molecule has 0 heterocycles. The Morgan fingerprint density at radius 2 is 1.68 bits per heavy atom. The van der Waals surface area contributed by atoms with Crippen LogP contribution in [-0.4, -0.2) is 26.1 Å². The van der Waals surface area contributed by atoms with Gasteiger partial charge in [-0.3, -0.25) is 8.98 Å². The van der Waals surface area contributed by atoms with E-state index in [2.05, 4.69) is 0 Å². The Morgan fingerprint density at radius 1 is 1.11 bits per heavy atom. The molecule has 0 aliphatic heterocycles. The first-order chi connectivity index (χ1) is 8.93. The standard InChI is InChI=1S/C14H18O4S/c1-19(16,17)18-14(10-6-3-7-11-14)13(15)12-8-4-2-5-9-12/h2,4-5,8-9H,3,6-7,10-11H2,1H3.